The van der Waals surface area contributed by atoms with Crippen molar-refractivity contribution in [3.8, 4) is 0 Å². The SMILES string of the molecule is CCN(Cc1cccc(F)c1)C(=O)C1CC(=O)N(C2CCCC2)C1. The highest BCUT2D eigenvalue weighted by atomic mass is 19.1. The molecular weight excluding hydrogens is 307 g/mol. The zero-order valence-electron chi connectivity index (χ0n) is 14.2. The summed E-state index contributed by atoms with van der Waals surface area (Å²) in [5.74, 6) is -0.427. The van der Waals surface area contributed by atoms with Crippen LogP contribution in [0.1, 0.15) is 44.6 Å². The first-order valence-electron chi connectivity index (χ1n) is 8.91. The van der Waals surface area contributed by atoms with Crippen molar-refractivity contribution in [1.29, 1.82) is 0 Å². The second kappa shape index (κ2) is 7.32. The lowest BCUT2D eigenvalue weighted by Gasteiger charge is -2.26. The van der Waals surface area contributed by atoms with E-state index in [1.54, 1.807) is 11.0 Å². The number of benzene rings is 1. The molecule has 130 valence electrons. The summed E-state index contributed by atoms with van der Waals surface area (Å²) >= 11 is 0. The van der Waals surface area contributed by atoms with Crippen LogP contribution in [-0.2, 0) is 16.1 Å². The lowest BCUT2D eigenvalue weighted by molar-refractivity contribution is -0.136. The van der Waals surface area contributed by atoms with Crippen molar-refractivity contribution in [2.75, 3.05) is 13.1 Å². The fourth-order valence-corrected chi connectivity index (χ4v) is 3.93. The smallest absolute Gasteiger partial charge is 0.228 e. The molecule has 0 spiro atoms. The quantitative estimate of drug-likeness (QED) is 0.832. The summed E-state index contributed by atoms with van der Waals surface area (Å²) < 4.78 is 13.3. The summed E-state index contributed by atoms with van der Waals surface area (Å²) in [6.07, 6.45) is 4.79. The Bertz CT molecular complexity index is 613. The third kappa shape index (κ3) is 3.60. The predicted molar refractivity (Wildman–Crippen MR) is 89.6 cm³/mol. The van der Waals surface area contributed by atoms with Crippen molar-refractivity contribution in [2.45, 2.75) is 51.6 Å². The molecule has 1 atom stereocenters. The van der Waals surface area contributed by atoms with Crippen LogP contribution in [0.25, 0.3) is 0 Å². The highest BCUT2D eigenvalue weighted by Crippen LogP contribution is 2.30. The van der Waals surface area contributed by atoms with Gasteiger partial charge in [0.25, 0.3) is 0 Å². The number of carbonyl (C=O) groups excluding carboxylic acids is 2. The minimum atomic E-state index is -0.292. The first-order chi connectivity index (χ1) is 11.6. The zero-order valence-corrected chi connectivity index (χ0v) is 14.2. The summed E-state index contributed by atoms with van der Waals surface area (Å²) in [5.41, 5.74) is 0.780. The Labute approximate surface area is 142 Å². The van der Waals surface area contributed by atoms with Gasteiger partial charge >= 0.3 is 0 Å². The molecular formula is C19H25FN2O2. The number of rotatable bonds is 5. The molecule has 1 saturated carbocycles. The van der Waals surface area contributed by atoms with Crippen LogP contribution in [0.5, 0.6) is 0 Å². The van der Waals surface area contributed by atoms with Crippen molar-refractivity contribution in [1.82, 2.24) is 9.80 Å². The molecule has 24 heavy (non-hydrogen) atoms. The highest BCUT2D eigenvalue weighted by Gasteiger charge is 2.39. The Morgan fingerprint density at radius 3 is 2.75 bits per heavy atom. The minimum absolute atomic E-state index is 0.00982. The fraction of sp³-hybridized carbons (Fsp3) is 0.579. The van der Waals surface area contributed by atoms with Gasteiger partial charge in [0.15, 0.2) is 0 Å². The Morgan fingerprint density at radius 1 is 1.33 bits per heavy atom. The van der Waals surface area contributed by atoms with Crippen LogP contribution in [0, 0.1) is 11.7 Å². The second-order valence-corrected chi connectivity index (χ2v) is 6.87. The second-order valence-electron chi connectivity index (χ2n) is 6.87. The van der Waals surface area contributed by atoms with Gasteiger partial charge in [0, 0.05) is 32.1 Å². The summed E-state index contributed by atoms with van der Waals surface area (Å²) in [7, 11) is 0. The molecule has 1 unspecified atom stereocenters. The number of amides is 2. The van der Waals surface area contributed by atoms with Gasteiger partial charge in [-0.3, -0.25) is 9.59 Å². The Kier molecular flexibility index (Phi) is 5.17. The summed E-state index contributed by atoms with van der Waals surface area (Å²) in [5, 5.41) is 0. The Morgan fingerprint density at radius 2 is 2.08 bits per heavy atom. The van der Waals surface area contributed by atoms with Gasteiger partial charge in [-0.15, -0.1) is 0 Å². The Balaban J connectivity index is 1.64. The average Bonchev–Trinajstić information content (AvgIpc) is 3.21. The first-order valence-corrected chi connectivity index (χ1v) is 8.91. The maximum Gasteiger partial charge on any atom is 0.228 e. The van der Waals surface area contributed by atoms with E-state index in [1.807, 2.05) is 17.9 Å². The molecule has 1 saturated heterocycles. The molecule has 0 bridgehead atoms. The van der Waals surface area contributed by atoms with Gasteiger partial charge in [0.05, 0.1) is 5.92 Å². The lowest BCUT2D eigenvalue weighted by atomic mass is 10.1. The monoisotopic (exact) mass is 332 g/mol. The van der Waals surface area contributed by atoms with Crippen LogP contribution < -0.4 is 0 Å². The molecule has 1 aromatic carbocycles. The summed E-state index contributed by atoms with van der Waals surface area (Å²) in [6.45, 7) is 3.41. The molecule has 3 rings (SSSR count). The number of likely N-dealkylation sites (tertiary alicyclic amines) is 1. The maximum atomic E-state index is 13.3. The molecule has 5 heteroatoms. The maximum absolute atomic E-state index is 13.3. The van der Waals surface area contributed by atoms with Crippen LogP contribution in [0.15, 0.2) is 24.3 Å². The number of halogens is 1. The van der Waals surface area contributed by atoms with Gasteiger partial charge in [0.2, 0.25) is 11.8 Å². The molecule has 1 aliphatic carbocycles. The van der Waals surface area contributed by atoms with E-state index in [0.717, 1.165) is 18.4 Å². The lowest BCUT2D eigenvalue weighted by Crippen LogP contribution is -2.38. The highest BCUT2D eigenvalue weighted by molar-refractivity contribution is 5.89. The molecule has 0 N–H and O–H groups in total. The first kappa shape index (κ1) is 16.9. The topological polar surface area (TPSA) is 40.6 Å². The number of nitrogens with zero attached hydrogens (tertiary/aromatic N) is 2. The molecule has 2 aliphatic rings. The van der Waals surface area contributed by atoms with E-state index in [-0.39, 0.29) is 23.5 Å². The third-order valence-electron chi connectivity index (χ3n) is 5.23. The van der Waals surface area contributed by atoms with Crippen molar-refractivity contribution in [3.63, 3.8) is 0 Å². The minimum Gasteiger partial charge on any atom is -0.339 e. The van der Waals surface area contributed by atoms with Gasteiger partial charge in [0.1, 0.15) is 5.82 Å². The standard InChI is InChI=1S/C19H25FN2O2/c1-2-21(12-14-6-5-7-16(20)10-14)19(24)15-11-18(23)22(13-15)17-8-3-4-9-17/h5-7,10,15,17H,2-4,8-9,11-13H2,1H3. The molecule has 2 amide bonds. The molecule has 1 aliphatic heterocycles. The normalized spacial score (nSPS) is 21.5. The van der Waals surface area contributed by atoms with Crippen LogP contribution in [0.2, 0.25) is 0 Å². The summed E-state index contributed by atoms with van der Waals surface area (Å²) in [6, 6.07) is 6.67. The zero-order chi connectivity index (χ0) is 17.1. The van der Waals surface area contributed by atoms with Crippen LogP contribution in [-0.4, -0.2) is 40.7 Å². The van der Waals surface area contributed by atoms with Gasteiger partial charge < -0.3 is 9.80 Å². The van der Waals surface area contributed by atoms with Crippen molar-refractivity contribution >= 4 is 11.8 Å². The van der Waals surface area contributed by atoms with E-state index in [0.29, 0.717) is 32.1 Å². The van der Waals surface area contributed by atoms with Gasteiger partial charge in [-0.25, -0.2) is 4.39 Å². The van der Waals surface area contributed by atoms with Crippen LogP contribution in [0.3, 0.4) is 0 Å². The molecule has 1 heterocycles. The van der Waals surface area contributed by atoms with Gasteiger partial charge in [-0.05, 0) is 37.5 Å². The number of hydrogen-bond donors (Lipinski definition) is 0. The molecule has 4 nitrogen and oxygen atoms in total. The van der Waals surface area contributed by atoms with E-state index in [4.69, 9.17) is 0 Å². The molecule has 1 aromatic rings. The van der Waals surface area contributed by atoms with Crippen LogP contribution in [0.4, 0.5) is 4.39 Å². The van der Waals surface area contributed by atoms with Crippen molar-refractivity contribution in [3.05, 3.63) is 35.6 Å². The molecule has 0 radical (unpaired) electrons. The van der Waals surface area contributed by atoms with Crippen LogP contribution >= 0.6 is 0 Å². The van der Waals surface area contributed by atoms with E-state index in [9.17, 15) is 14.0 Å². The predicted octanol–water partition coefficient (Wildman–Crippen LogP) is 2.97. The van der Waals surface area contributed by atoms with E-state index < -0.39 is 0 Å². The summed E-state index contributed by atoms with van der Waals surface area (Å²) in [4.78, 5) is 28.8. The largest absolute Gasteiger partial charge is 0.339 e. The van der Waals surface area contributed by atoms with Gasteiger partial charge in [-0.2, -0.15) is 0 Å². The van der Waals surface area contributed by atoms with E-state index in [1.165, 1.54) is 25.0 Å². The molecule has 2 fully saturated rings. The van der Waals surface area contributed by atoms with E-state index in [2.05, 4.69) is 0 Å². The van der Waals surface area contributed by atoms with Gasteiger partial charge in [-0.1, -0.05) is 25.0 Å². The molecule has 0 aromatic heterocycles. The Hall–Kier alpha value is -1.91. The fourth-order valence-electron chi connectivity index (χ4n) is 3.93. The van der Waals surface area contributed by atoms with Crippen molar-refractivity contribution in [2.24, 2.45) is 5.92 Å². The van der Waals surface area contributed by atoms with Crippen molar-refractivity contribution < 1.29 is 14.0 Å². The average molecular weight is 332 g/mol. The third-order valence-corrected chi connectivity index (χ3v) is 5.23. The number of hydrogen-bond acceptors (Lipinski definition) is 2. The van der Waals surface area contributed by atoms with E-state index >= 15 is 0 Å². The number of carbonyl (C=O) groups is 2.